The Morgan fingerprint density at radius 1 is 1.29 bits per heavy atom. The number of anilines is 1. The van der Waals surface area contributed by atoms with Crippen LogP contribution in [0.5, 0.6) is 0 Å². The van der Waals surface area contributed by atoms with Crippen molar-refractivity contribution >= 4 is 34.1 Å². The fraction of sp³-hybridized carbons (Fsp3) is 0.250. The van der Waals surface area contributed by atoms with Gasteiger partial charge in [0.25, 0.3) is 5.22 Å². The van der Waals surface area contributed by atoms with Crippen LogP contribution < -0.4 is 5.32 Å². The molecule has 0 spiro atoms. The maximum Gasteiger partial charge on any atom is 0.277 e. The van der Waals surface area contributed by atoms with Crippen LogP contribution in [-0.2, 0) is 4.79 Å². The molecule has 1 saturated carbocycles. The van der Waals surface area contributed by atoms with Crippen molar-refractivity contribution in [1.29, 1.82) is 0 Å². The van der Waals surface area contributed by atoms with Gasteiger partial charge in [0.2, 0.25) is 11.8 Å². The maximum absolute atomic E-state index is 12.0. The van der Waals surface area contributed by atoms with Crippen molar-refractivity contribution in [2.75, 3.05) is 11.1 Å². The highest BCUT2D eigenvalue weighted by molar-refractivity contribution is 7.99. The van der Waals surface area contributed by atoms with E-state index in [0.717, 1.165) is 24.1 Å². The van der Waals surface area contributed by atoms with E-state index in [1.807, 2.05) is 35.7 Å². The van der Waals surface area contributed by atoms with E-state index in [0.29, 0.717) is 22.2 Å². The third-order valence-corrected chi connectivity index (χ3v) is 5.07. The van der Waals surface area contributed by atoms with Crippen LogP contribution in [0.4, 0.5) is 5.13 Å². The summed E-state index contributed by atoms with van der Waals surface area (Å²) in [7, 11) is 0. The lowest BCUT2D eigenvalue weighted by molar-refractivity contribution is -0.113. The summed E-state index contributed by atoms with van der Waals surface area (Å²) in [5, 5.41) is 13.7. The van der Waals surface area contributed by atoms with Crippen LogP contribution >= 0.6 is 23.1 Å². The molecule has 0 bridgehead atoms. The molecule has 1 aromatic carbocycles. The van der Waals surface area contributed by atoms with Crippen LogP contribution in [0.1, 0.15) is 24.7 Å². The number of amides is 1. The first-order valence-electron chi connectivity index (χ1n) is 7.55. The van der Waals surface area contributed by atoms with Crippen molar-refractivity contribution in [3.05, 3.63) is 41.6 Å². The number of nitrogens with one attached hydrogen (secondary N) is 1. The van der Waals surface area contributed by atoms with Gasteiger partial charge in [-0.25, -0.2) is 4.98 Å². The van der Waals surface area contributed by atoms with E-state index < -0.39 is 0 Å². The first-order chi connectivity index (χ1) is 11.8. The van der Waals surface area contributed by atoms with Gasteiger partial charge < -0.3 is 9.73 Å². The molecule has 8 heteroatoms. The normalized spacial score (nSPS) is 13.8. The summed E-state index contributed by atoms with van der Waals surface area (Å²) in [6, 6.07) is 9.86. The van der Waals surface area contributed by atoms with Crippen molar-refractivity contribution in [3.63, 3.8) is 0 Å². The van der Waals surface area contributed by atoms with Crippen LogP contribution in [0.25, 0.3) is 11.3 Å². The zero-order valence-electron chi connectivity index (χ0n) is 12.6. The fourth-order valence-corrected chi connectivity index (χ4v) is 3.43. The van der Waals surface area contributed by atoms with Gasteiger partial charge in [-0.15, -0.1) is 21.5 Å². The second-order valence-corrected chi connectivity index (χ2v) is 7.21. The fourth-order valence-electron chi connectivity index (χ4n) is 2.13. The van der Waals surface area contributed by atoms with E-state index in [9.17, 15) is 4.79 Å². The van der Waals surface area contributed by atoms with Gasteiger partial charge in [-0.05, 0) is 12.8 Å². The summed E-state index contributed by atoms with van der Waals surface area (Å²) < 4.78 is 5.52. The standard InChI is InChI=1S/C16H14N4O2S2/c21-13(9-24-16-20-19-14(22-16)11-6-7-11)18-15-17-12(8-23-15)10-4-2-1-3-5-10/h1-5,8,11H,6-7,9H2,(H,17,18,21). The lowest BCUT2D eigenvalue weighted by atomic mass is 10.2. The molecule has 1 amide bonds. The molecule has 6 nitrogen and oxygen atoms in total. The summed E-state index contributed by atoms with van der Waals surface area (Å²) >= 11 is 2.65. The number of hydrogen-bond donors (Lipinski definition) is 1. The number of aromatic nitrogens is 3. The number of thiazole rings is 1. The number of benzene rings is 1. The number of carbonyl (C=O) groups is 1. The molecule has 0 unspecified atom stereocenters. The molecule has 24 heavy (non-hydrogen) atoms. The molecule has 0 saturated heterocycles. The van der Waals surface area contributed by atoms with Crippen LogP contribution in [0.2, 0.25) is 0 Å². The molecule has 122 valence electrons. The van der Waals surface area contributed by atoms with Crippen LogP contribution in [0, 0.1) is 0 Å². The van der Waals surface area contributed by atoms with Crippen LogP contribution in [0.3, 0.4) is 0 Å². The Kier molecular flexibility index (Phi) is 4.31. The number of carbonyl (C=O) groups excluding carboxylic acids is 1. The van der Waals surface area contributed by atoms with Gasteiger partial charge in [0, 0.05) is 16.9 Å². The number of nitrogens with zero attached hydrogens (tertiary/aromatic N) is 3. The minimum atomic E-state index is -0.139. The third-order valence-electron chi connectivity index (χ3n) is 3.50. The van der Waals surface area contributed by atoms with Crippen LogP contribution in [-0.4, -0.2) is 26.8 Å². The van der Waals surface area contributed by atoms with Gasteiger partial charge in [0.05, 0.1) is 11.4 Å². The zero-order valence-corrected chi connectivity index (χ0v) is 14.3. The summed E-state index contributed by atoms with van der Waals surface area (Å²) in [5.41, 5.74) is 1.89. The highest BCUT2D eigenvalue weighted by Gasteiger charge is 2.29. The largest absolute Gasteiger partial charge is 0.416 e. The lowest BCUT2D eigenvalue weighted by Gasteiger charge is -1.99. The summed E-state index contributed by atoms with van der Waals surface area (Å²) in [6.07, 6.45) is 2.22. The lowest BCUT2D eigenvalue weighted by Crippen LogP contribution is -2.13. The van der Waals surface area contributed by atoms with E-state index in [1.54, 1.807) is 0 Å². The number of rotatable bonds is 6. The minimum Gasteiger partial charge on any atom is -0.416 e. The van der Waals surface area contributed by atoms with E-state index in [-0.39, 0.29) is 11.7 Å². The Morgan fingerprint density at radius 2 is 2.12 bits per heavy atom. The number of thioether (sulfide) groups is 1. The second kappa shape index (κ2) is 6.74. The van der Waals surface area contributed by atoms with Gasteiger partial charge >= 0.3 is 0 Å². The van der Waals surface area contributed by atoms with Gasteiger partial charge in [-0.1, -0.05) is 42.1 Å². The molecule has 0 aliphatic heterocycles. The van der Waals surface area contributed by atoms with Crippen molar-refractivity contribution in [2.45, 2.75) is 24.0 Å². The average Bonchev–Trinajstić information content (AvgIpc) is 3.17. The maximum atomic E-state index is 12.0. The first-order valence-corrected chi connectivity index (χ1v) is 9.41. The summed E-state index contributed by atoms with van der Waals surface area (Å²) in [6.45, 7) is 0. The number of hydrogen-bond acceptors (Lipinski definition) is 7. The molecule has 0 atom stereocenters. The van der Waals surface area contributed by atoms with E-state index in [4.69, 9.17) is 4.42 Å². The van der Waals surface area contributed by atoms with Crippen molar-refractivity contribution in [3.8, 4) is 11.3 Å². The minimum absolute atomic E-state index is 0.139. The molecule has 0 radical (unpaired) electrons. The Balaban J connectivity index is 1.31. The topological polar surface area (TPSA) is 80.9 Å². The quantitative estimate of drug-likeness (QED) is 0.675. The predicted molar refractivity (Wildman–Crippen MR) is 93.2 cm³/mol. The first kappa shape index (κ1) is 15.3. The Labute approximate surface area is 146 Å². The molecule has 2 aromatic heterocycles. The predicted octanol–water partition coefficient (Wildman–Crippen LogP) is 3.80. The van der Waals surface area contributed by atoms with E-state index in [1.165, 1.54) is 23.1 Å². The van der Waals surface area contributed by atoms with Crippen LogP contribution in [0.15, 0.2) is 45.4 Å². The zero-order chi connectivity index (χ0) is 16.4. The molecule has 1 fully saturated rings. The average molecular weight is 358 g/mol. The van der Waals surface area contributed by atoms with Gasteiger partial charge in [0.1, 0.15) is 0 Å². The van der Waals surface area contributed by atoms with E-state index >= 15 is 0 Å². The molecular weight excluding hydrogens is 344 g/mol. The van der Waals surface area contributed by atoms with Crippen molar-refractivity contribution in [1.82, 2.24) is 15.2 Å². The molecule has 1 aliphatic carbocycles. The molecule has 3 aromatic rings. The molecule has 1 N–H and O–H groups in total. The molecule has 2 heterocycles. The highest BCUT2D eigenvalue weighted by atomic mass is 32.2. The van der Waals surface area contributed by atoms with Crippen molar-refractivity contribution in [2.24, 2.45) is 0 Å². The Bertz CT molecular complexity index is 843. The van der Waals surface area contributed by atoms with Gasteiger partial charge in [-0.2, -0.15) is 0 Å². The molecular formula is C16H14N4O2S2. The summed E-state index contributed by atoms with van der Waals surface area (Å²) in [5.74, 6) is 1.19. The highest BCUT2D eigenvalue weighted by Crippen LogP contribution is 2.39. The second-order valence-electron chi connectivity index (χ2n) is 5.42. The Hall–Kier alpha value is -2.19. The third kappa shape index (κ3) is 3.65. The SMILES string of the molecule is O=C(CSc1nnc(C2CC2)o1)Nc1nc(-c2ccccc2)cs1. The monoisotopic (exact) mass is 358 g/mol. The Morgan fingerprint density at radius 3 is 2.92 bits per heavy atom. The smallest absolute Gasteiger partial charge is 0.277 e. The van der Waals surface area contributed by atoms with Crippen molar-refractivity contribution < 1.29 is 9.21 Å². The van der Waals surface area contributed by atoms with Gasteiger partial charge in [0.15, 0.2) is 5.13 Å². The van der Waals surface area contributed by atoms with Gasteiger partial charge in [-0.3, -0.25) is 4.79 Å². The molecule has 1 aliphatic rings. The van der Waals surface area contributed by atoms with E-state index in [2.05, 4.69) is 20.5 Å². The summed E-state index contributed by atoms with van der Waals surface area (Å²) in [4.78, 5) is 16.5. The molecule has 4 rings (SSSR count).